The normalized spacial score (nSPS) is 10.5. The lowest BCUT2D eigenvalue weighted by atomic mass is 10.5. The largest absolute Gasteiger partial charge is 0.332 e. The number of nitro groups is 1. The number of aromatic nitrogens is 4. The summed E-state index contributed by atoms with van der Waals surface area (Å²) in [4.78, 5) is 23.0. The molecule has 0 saturated carbocycles. The van der Waals surface area contributed by atoms with Gasteiger partial charge in [0.25, 0.3) is 0 Å². The molecule has 0 aliphatic carbocycles. The van der Waals surface area contributed by atoms with E-state index in [0.29, 0.717) is 0 Å². The van der Waals surface area contributed by atoms with Gasteiger partial charge in [-0.2, -0.15) is 0 Å². The first-order chi connectivity index (χ1) is 6.20. The highest BCUT2D eigenvalue weighted by Gasteiger charge is 2.15. The predicted octanol–water partition coefficient (Wildman–Crippen LogP) is -0.674. The van der Waals surface area contributed by atoms with Crippen molar-refractivity contribution in [3.8, 4) is 0 Å². The molecule has 66 valence electrons. The van der Waals surface area contributed by atoms with Crippen molar-refractivity contribution in [2.75, 3.05) is 0 Å². The topological polar surface area (TPSA) is 106 Å². The summed E-state index contributed by atoms with van der Waals surface area (Å²) in [6.07, 6.45) is 2.10. The molecule has 0 aliphatic rings. The second-order valence-electron chi connectivity index (χ2n) is 2.26. The zero-order valence-corrected chi connectivity index (χ0v) is 6.17. The van der Waals surface area contributed by atoms with Crippen LogP contribution in [-0.2, 0) is 0 Å². The molecule has 0 aliphatic heterocycles. The Kier molecular flexibility index (Phi) is 1.35. The van der Waals surface area contributed by atoms with Crippen molar-refractivity contribution in [2.45, 2.75) is 0 Å². The first kappa shape index (κ1) is 7.40. The summed E-state index contributed by atoms with van der Waals surface area (Å²) in [6.45, 7) is 0. The van der Waals surface area contributed by atoms with Gasteiger partial charge in [-0.3, -0.25) is 10.1 Å². The summed E-state index contributed by atoms with van der Waals surface area (Å²) in [7, 11) is 0. The van der Waals surface area contributed by atoms with Crippen LogP contribution in [0, 0.1) is 10.1 Å². The fraction of sp³-hybridized carbons (Fsp3) is 0. The quantitative estimate of drug-likeness (QED) is 0.463. The van der Waals surface area contributed by atoms with Gasteiger partial charge in [-0.1, -0.05) is 0 Å². The number of nitrogens with zero attached hydrogens (tertiary/aromatic N) is 4. The molecule has 0 spiro atoms. The number of hydrogen-bond acceptors (Lipinski definition) is 5. The highest BCUT2D eigenvalue weighted by Crippen LogP contribution is 2.11. The van der Waals surface area contributed by atoms with Gasteiger partial charge >= 0.3 is 11.4 Å². The minimum atomic E-state index is -0.639. The minimum Gasteiger partial charge on any atom is -0.307 e. The third-order valence-electron chi connectivity index (χ3n) is 1.52. The molecule has 0 amide bonds. The van der Waals surface area contributed by atoms with E-state index < -0.39 is 10.6 Å². The van der Waals surface area contributed by atoms with Crippen LogP contribution in [0.4, 0.5) is 5.69 Å². The van der Waals surface area contributed by atoms with Gasteiger partial charge in [-0.05, 0) is 0 Å². The molecule has 8 nitrogen and oxygen atoms in total. The molecular formula is C5H3N5O3. The Balaban J connectivity index is 2.94. The van der Waals surface area contributed by atoms with Gasteiger partial charge in [-0.15, -0.1) is 10.2 Å². The Morgan fingerprint density at radius 3 is 3.08 bits per heavy atom. The zero-order valence-electron chi connectivity index (χ0n) is 6.17. The third-order valence-corrected chi connectivity index (χ3v) is 1.52. The lowest BCUT2D eigenvalue weighted by Gasteiger charge is -1.91. The number of H-pyrrole nitrogens is 1. The molecule has 0 saturated heterocycles. The Morgan fingerprint density at radius 1 is 1.62 bits per heavy atom. The fourth-order valence-corrected chi connectivity index (χ4v) is 0.957. The molecule has 2 aromatic rings. The van der Waals surface area contributed by atoms with Gasteiger partial charge in [0.15, 0.2) is 0 Å². The molecule has 0 atom stereocenters. The average Bonchev–Trinajstić information content (AvgIpc) is 2.53. The SMILES string of the molecule is O=c1[nH]cc([N+](=O)[O-])c2nncn12. The highest BCUT2D eigenvalue weighted by molar-refractivity contribution is 5.56. The van der Waals surface area contributed by atoms with Crippen molar-refractivity contribution in [1.29, 1.82) is 0 Å². The average molecular weight is 181 g/mol. The molecule has 8 heteroatoms. The first-order valence-corrected chi connectivity index (χ1v) is 3.26. The van der Waals surface area contributed by atoms with Crippen molar-refractivity contribution in [2.24, 2.45) is 0 Å². The van der Waals surface area contributed by atoms with E-state index in [1.54, 1.807) is 0 Å². The highest BCUT2D eigenvalue weighted by atomic mass is 16.6. The predicted molar refractivity (Wildman–Crippen MR) is 40.3 cm³/mol. The molecule has 0 bridgehead atoms. The summed E-state index contributed by atoms with van der Waals surface area (Å²) >= 11 is 0. The van der Waals surface area contributed by atoms with Crippen LogP contribution in [0.15, 0.2) is 17.3 Å². The van der Waals surface area contributed by atoms with Gasteiger partial charge in [0.05, 0.1) is 11.1 Å². The van der Waals surface area contributed by atoms with Crippen LogP contribution >= 0.6 is 0 Å². The van der Waals surface area contributed by atoms with Crippen LogP contribution in [0.1, 0.15) is 0 Å². The van der Waals surface area contributed by atoms with E-state index >= 15 is 0 Å². The summed E-state index contributed by atoms with van der Waals surface area (Å²) < 4.78 is 0.970. The van der Waals surface area contributed by atoms with Crippen molar-refractivity contribution in [1.82, 2.24) is 19.6 Å². The second kappa shape index (κ2) is 2.37. The summed E-state index contributed by atoms with van der Waals surface area (Å²) in [5, 5.41) is 17.3. The number of nitrogens with one attached hydrogen (secondary N) is 1. The van der Waals surface area contributed by atoms with E-state index in [1.165, 1.54) is 0 Å². The Hall–Kier alpha value is -2.25. The molecule has 1 N–H and O–H groups in total. The van der Waals surface area contributed by atoms with Gasteiger partial charge in [0, 0.05) is 0 Å². The Bertz CT molecular complexity index is 526. The van der Waals surface area contributed by atoms with E-state index in [2.05, 4.69) is 15.2 Å². The van der Waals surface area contributed by atoms with Crippen LogP contribution in [0.25, 0.3) is 5.65 Å². The van der Waals surface area contributed by atoms with Crippen LogP contribution in [0.3, 0.4) is 0 Å². The van der Waals surface area contributed by atoms with E-state index in [9.17, 15) is 14.9 Å². The van der Waals surface area contributed by atoms with Crippen LogP contribution < -0.4 is 5.69 Å². The smallest absolute Gasteiger partial charge is 0.307 e. The van der Waals surface area contributed by atoms with Gasteiger partial charge < -0.3 is 4.98 Å². The molecule has 2 heterocycles. The van der Waals surface area contributed by atoms with E-state index in [-0.39, 0.29) is 11.3 Å². The van der Waals surface area contributed by atoms with Gasteiger partial charge in [0.1, 0.15) is 6.33 Å². The van der Waals surface area contributed by atoms with Crippen molar-refractivity contribution < 1.29 is 4.92 Å². The lowest BCUT2D eigenvalue weighted by Crippen LogP contribution is -2.15. The van der Waals surface area contributed by atoms with E-state index in [0.717, 1.165) is 16.9 Å². The van der Waals surface area contributed by atoms with Crippen molar-refractivity contribution >= 4 is 11.3 Å². The maximum Gasteiger partial charge on any atom is 0.332 e. The van der Waals surface area contributed by atoms with E-state index in [4.69, 9.17) is 0 Å². The van der Waals surface area contributed by atoms with E-state index in [1.807, 2.05) is 0 Å². The standard InChI is InChI=1S/C5H3N5O3/c11-5-6-1-3(10(12)13)4-8-7-2-9(4)5/h1-2H,(H,6,11). The first-order valence-electron chi connectivity index (χ1n) is 3.26. The second-order valence-corrected chi connectivity index (χ2v) is 2.26. The maximum absolute atomic E-state index is 11.0. The van der Waals surface area contributed by atoms with Crippen molar-refractivity contribution in [3.05, 3.63) is 33.1 Å². The number of hydrogen-bond donors (Lipinski definition) is 1. The van der Waals surface area contributed by atoms with Crippen molar-refractivity contribution in [3.63, 3.8) is 0 Å². The summed E-state index contributed by atoms with van der Waals surface area (Å²) in [5.74, 6) is 0. The van der Waals surface area contributed by atoms with Crippen LogP contribution in [0.5, 0.6) is 0 Å². The molecular weight excluding hydrogens is 178 g/mol. The maximum atomic E-state index is 11.0. The molecule has 2 rings (SSSR count). The Morgan fingerprint density at radius 2 is 2.38 bits per heavy atom. The fourth-order valence-electron chi connectivity index (χ4n) is 0.957. The lowest BCUT2D eigenvalue weighted by molar-refractivity contribution is -0.383. The molecule has 13 heavy (non-hydrogen) atoms. The monoisotopic (exact) mass is 181 g/mol. The third kappa shape index (κ3) is 0.956. The van der Waals surface area contributed by atoms with Gasteiger partial charge in [-0.25, -0.2) is 9.20 Å². The van der Waals surface area contributed by atoms with Crippen LogP contribution in [-0.4, -0.2) is 24.5 Å². The van der Waals surface area contributed by atoms with Crippen LogP contribution in [0.2, 0.25) is 0 Å². The minimum absolute atomic E-state index is 0.0613. The summed E-state index contributed by atoms with van der Waals surface area (Å²) in [6, 6.07) is 0. The van der Waals surface area contributed by atoms with Gasteiger partial charge in [0.2, 0.25) is 5.65 Å². The zero-order chi connectivity index (χ0) is 9.42. The number of fused-ring (bicyclic) bond motifs is 1. The number of aromatic amines is 1. The molecule has 2 aromatic heterocycles. The molecule has 0 unspecified atom stereocenters. The molecule has 0 aromatic carbocycles. The Labute approximate surface area is 70.0 Å². The molecule has 0 fully saturated rings. The number of rotatable bonds is 1. The molecule has 0 radical (unpaired) electrons. The summed E-state index contributed by atoms with van der Waals surface area (Å²) in [5.41, 5.74) is -0.851.